The molecule has 1 amide bonds. The lowest BCUT2D eigenvalue weighted by atomic mass is 10.1. The van der Waals surface area contributed by atoms with Gasteiger partial charge < -0.3 is 9.80 Å². The molecule has 0 N–H and O–H groups in total. The molecule has 1 saturated heterocycles. The van der Waals surface area contributed by atoms with Gasteiger partial charge in [0.15, 0.2) is 0 Å². The zero-order valence-corrected chi connectivity index (χ0v) is 15.3. The van der Waals surface area contributed by atoms with Crippen molar-refractivity contribution in [3.63, 3.8) is 0 Å². The largest absolute Gasteiger partial charge is 0.353 e. The molecule has 1 aliphatic rings. The Morgan fingerprint density at radius 3 is 2.88 bits per heavy atom. The summed E-state index contributed by atoms with van der Waals surface area (Å²) >= 11 is 1.77. The molecule has 5 heteroatoms. The summed E-state index contributed by atoms with van der Waals surface area (Å²) in [5.41, 5.74) is 1.03. The topological polar surface area (TPSA) is 36.4 Å². The van der Waals surface area contributed by atoms with Gasteiger partial charge in [-0.2, -0.15) is 0 Å². The van der Waals surface area contributed by atoms with Gasteiger partial charge in [-0.15, -0.1) is 11.3 Å². The Balaban J connectivity index is 1.50. The standard InChI is InChI=1S/C19H25N3OS/c1-15-6-3-9-18(20-15)21-11-12-22(16(2)14-21)19(23)10-4-7-17-8-5-13-24-17/h3,5-6,8-9,13,16H,4,7,10-12,14H2,1-2H3. The molecule has 1 fully saturated rings. The van der Waals surface area contributed by atoms with Crippen molar-refractivity contribution in [3.8, 4) is 0 Å². The third-order valence-corrected chi connectivity index (χ3v) is 5.48. The van der Waals surface area contributed by atoms with Crippen LogP contribution in [-0.4, -0.2) is 41.5 Å². The normalized spacial score (nSPS) is 18.0. The highest BCUT2D eigenvalue weighted by molar-refractivity contribution is 7.09. The lowest BCUT2D eigenvalue weighted by molar-refractivity contribution is -0.133. The highest BCUT2D eigenvalue weighted by Crippen LogP contribution is 2.19. The smallest absolute Gasteiger partial charge is 0.222 e. The predicted octanol–water partition coefficient (Wildman–Crippen LogP) is 3.51. The molecule has 0 spiro atoms. The monoisotopic (exact) mass is 343 g/mol. The van der Waals surface area contributed by atoms with Gasteiger partial charge in [-0.3, -0.25) is 4.79 Å². The number of anilines is 1. The average Bonchev–Trinajstić information content (AvgIpc) is 3.08. The van der Waals surface area contributed by atoms with Crippen molar-refractivity contribution in [1.82, 2.24) is 9.88 Å². The van der Waals surface area contributed by atoms with Gasteiger partial charge in [0.05, 0.1) is 0 Å². The molecule has 0 radical (unpaired) electrons. The fourth-order valence-corrected chi connectivity index (χ4v) is 4.00. The molecule has 1 aliphatic heterocycles. The SMILES string of the molecule is Cc1cccc(N2CCN(C(=O)CCCc3cccs3)C(C)C2)n1. The van der Waals surface area contributed by atoms with Crippen LogP contribution in [-0.2, 0) is 11.2 Å². The van der Waals surface area contributed by atoms with Gasteiger partial charge >= 0.3 is 0 Å². The van der Waals surface area contributed by atoms with Crippen LogP contribution in [0.3, 0.4) is 0 Å². The number of pyridine rings is 1. The fraction of sp³-hybridized carbons (Fsp3) is 0.474. The molecule has 0 saturated carbocycles. The highest BCUT2D eigenvalue weighted by atomic mass is 32.1. The van der Waals surface area contributed by atoms with Crippen LogP contribution in [0.2, 0.25) is 0 Å². The fourth-order valence-electron chi connectivity index (χ4n) is 3.25. The van der Waals surface area contributed by atoms with Crippen LogP contribution >= 0.6 is 11.3 Å². The Labute approximate surface area is 148 Å². The number of nitrogens with zero attached hydrogens (tertiary/aromatic N) is 3. The first-order chi connectivity index (χ1) is 11.6. The number of rotatable bonds is 5. The van der Waals surface area contributed by atoms with E-state index in [4.69, 9.17) is 0 Å². The van der Waals surface area contributed by atoms with Crippen molar-refractivity contribution in [1.29, 1.82) is 0 Å². The maximum Gasteiger partial charge on any atom is 0.222 e. The Kier molecular flexibility index (Phi) is 5.51. The molecule has 2 aromatic heterocycles. The van der Waals surface area contributed by atoms with Gasteiger partial charge in [-0.05, 0) is 50.3 Å². The second-order valence-electron chi connectivity index (χ2n) is 6.45. The van der Waals surface area contributed by atoms with Crippen LogP contribution in [0.5, 0.6) is 0 Å². The Hall–Kier alpha value is -1.88. The second-order valence-corrected chi connectivity index (χ2v) is 7.48. The third-order valence-electron chi connectivity index (χ3n) is 4.54. The van der Waals surface area contributed by atoms with Crippen molar-refractivity contribution in [2.45, 2.75) is 39.2 Å². The van der Waals surface area contributed by atoms with Crippen LogP contribution in [0.25, 0.3) is 0 Å². The summed E-state index contributed by atoms with van der Waals surface area (Å²) in [6.45, 7) is 6.65. The number of carbonyl (C=O) groups is 1. The molecule has 0 bridgehead atoms. The lowest BCUT2D eigenvalue weighted by Crippen LogP contribution is -2.54. The minimum Gasteiger partial charge on any atom is -0.353 e. The van der Waals surface area contributed by atoms with Crippen molar-refractivity contribution < 1.29 is 4.79 Å². The van der Waals surface area contributed by atoms with E-state index in [0.717, 1.165) is 44.0 Å². The molecule has 3 rings (SSSR count). The zero-order chi connectivity index (χ0) is 16.9. The van der Waals surface area contributed by atoms with Crippen molar-refractivity contribution in [2.24, 2.45) is 0 Å². The van der Waals surface area contributed by atoms with E-state index in [-0.39, 0.29) is 11.9 Å². The molecule has 1 unspecified atom stereocenters. The quantitative estimate of drug-likeness (QED) is 0.833. The number of thiophene rings is 1. The molecule has 128 valence electrons. The molecule has 4 nitrogen and oxygen atoms in total. The van der Waals surface area contributed by atoms with E-state index in [2.05, 4.69) is 40.4 Å². The van der Waals surface area contributed by atoms with Crippen LogP contribution in [0.4, 0.5) is 5.82 Å². The second kappa shape index (κ2) is 7.79. The molecular formula is C19H25N3OS. The van der Waals surface area contributed by atoms with Gasteiger partial charge in [-0.1, -0.05) is 12.1 Å². The minimum absolute atomic E-state index is 0.232. The van der Waals surface area contributed by atoms with E-state index < -0.39 is 0 Å². The van der Waals surface area contributed by atoms with Gasteiger partial charge in [0, 0.05) is 42.7 Å². The summed E-state index contributed by atoms with van der Waals surface area (Å²) < 4.78 is 0. The van der Waals surface area contributed by atoms with Crippen molar-refractivity contribution in [2.75, 3.05) is 24.5 Å². The molecule has 24 heavy (non-hydrogen) atoms. The van der Waals surface area contributed by atoms with Gasteiger partial charge in [0.25, 0.3) is 0 Å². The number of piperazine rings is 1. The Morgan fingerprint density at radius 2 is 2.17 bits per heavy atom. The maximum absolute atomic E-state index is 12.5. The van der Waals surface area contributed by atoms with Gasteiger partial charge in [0.1, 0.15) is 5.82 Å². The maximum atomic E-state index is 12.5. The summed E-state index contributed by atoms with van der Waals surface area (Å²) in [6, 6.07) is 10.6. The summed E-state index contributed by atoms with van der Waals surface area (Å²) in [5.74, 6) is 1.31. The number of carbonyl (C=O) groups excluding carboxylic acids is 1. The molecule has 0 aliphatic carbocycles. The summed E-state index contributed by atoms with van der Waals surface area (Å²) in [5, 5.41) is 2.10. The molecular weight excluding hydrogens is 318 g/mol. The van der Waals surface area contributed by atoms with Crippen LogP contribution in [0.15, 0.2) is 35.7 Å². The van der Waals surface area contributed by atoms with Crippen LogP contribution < -0.4 is 4.90 Å². The number of aryl methyl sites for hydroxylation is 2. The third kappa shape index (κ3) is 4.15. The average molecular weight is 343 g/mol. The molecule has 1 atom stereocenters. The van der Waals surface area contributed by atoms with Crippen LogP contribution in [0.1, 0.15) is 30.3 Å². The van der Waals surface area contributed by atoms with Crippen LogP contribution in [0, 0.1) is 6.92 Å². The number of hydrogen-bond donors (Lipinski definition) is 0. The molecule has 2 aromatic rings. The van der Waals surface area contributed by atoms with E-state index >= 15 is 0 Å². The number of aromatic nitrogens is 1. The number of hydrogen-bond acceptors (Lipinski definition) is 4. The van der Waals surface area contributed by atoms with Crippen molar-refractivity contribution >= 4 is 23.1 Å². The Morgan fingerprint density at radius 1 is 1.29 bits per heavy atom. The van der Waals surface area contributed by atoms with Gasteiger partial charge in [0.2, 0.25) is 5.91 Å². The van der Waals surface area contributed by atoms with Crippen molar-refractivity contribution in [3.05, 3.63) is 46.3 Å². The first kappa shape index (κ1) is 17.0. The molecule has 0 aromatic carbocycles. The van der Waals surface area contributed by atoms with E-state index in [1.165, 1.54) is 4.88 Å². The molecule has 3 heterocycles. The summed E-state index contributed by atoms with van der Waals surface area (Å²) in [6.07, 6.45) is 2.58. The number of amides is 1. The summed E-state index contributed by atoms with van der Waals surface area (Å²) in [7, 11) is 0. The predicted molar refractivity (Wildman–Crippen MR) is 99.6 cm³/mol. The first-order valence-corrected chi connectivity index (χ1v) is 9.52. The summed E-state index contributed by atoms with van der Waals surface area (Å²) in [4.78, 5) is 22.8. The first-order valence-electron chi connectivity index (χ1n) is 8.64. The lowest BCUT2D eigenvalue weighted by Gasteiger charge is -2.40. The van der Waals surface area contributed by atoms with E-state index in [0.29, 0.717) is 6.42 Å². The highest BCUT2D eigenvalue weighted by Gasteiger charge is 2.27. The van der Waals surface area contributed by atoms with E-state index in [1.54, 1.807) is 11.3 Å². The van der Waals surface area contributed by atoms with Gasteiger partial charge in [-0.25, -0.2) is 4.98 Å². The van der Waals surface area contributed by atoms with E-state index in [9.17, 15) is 4.79 Å². The van der Waals surface area contributed by atoms with E-state index in [1.807, 2.05) is 24.0 Å². The Bertz CT molecular complexity index is 671. The zero-order valence-electron chi connectivity index (χ0n) is 14.4. The minimum atomic E-state index is 0.232.